The van der Waals surface area contributed by atoms with E-state index >= 15 is 0 Å². The Morgan fingerprint density at radius 2 is 1.58 bits per heavy atom. The highest BCUT2D eigenvalue weighted by Gasteiger charge is 2.30. The van der Waals surface area contributed by atoms with Crippen molar-refractivity contribution in [2.45, 2.75) is 84.3 Å². The van der Waals surface area contributed by atoms with Gasteiger partial charge in [0, 0.05) is 11.6 Å². The molecule has 3 aromatic rings. The first-order valence-electron chi connectivity index (χ1n) is 14.9. The number of carboxylic acids is 1. The Labute approximate surface area is 255 Å². The Morgan fingerprint density at radius 3 is 2.26 bits per heavy atom. The van der Waals surface area contributed by atoms with E-state index in [0.717, 1.165) is 49.7 Å². The molecule has 0 fully saturated rings. The largest absolute Gasteiger partial charge is 0.493 e. The molecule has 0 heterocycles. The van der Waals surface area contributed by atoms with Crippen molar-refractivity contribution in [1.29, 1.82) is 0 Å². The van der Waals surface area contributed by atoms with Gasteiger partial charge in [0.25, 0.3) is 5.91 Å². The lowest BCUT2D eigenvalue weighted by Crippen LogP contribution is -2.38. The maximum atomic E-state index is 13.4. The van der Waals surface area contributed by atoms with Crippen LogP contribution in [-0.4, -0.2) is 42.8 Å². The number of aliphatic carboxylic acids is 1. The molecule has 0 saturated carbocycles. The number of hydrogen-bond donors (Lipinski definition) is 2. The van der Waals surface area contributed by atoms with Crippen molar-refractivity contribution in [2.24, 2.45) is 0 Å². The third kappa shape index (κ3) is 9.94. The van der Waals surface area contributed by atoms with Gasteiger partial charge in [-0.1, -0.05) is 44.7 Å². The molecule has 1 unspecified atom stereocenters. The van der Waals surface area contributed by atoms with Crippen molar-refractivity contribution >= 4 is 11.9 Å². The van der Waals surface area contributed by atoms with Gasteiger partial charge in [0.1, 0.15) is 17.2 Å². The molecule has 0 spiro atoms. The highest BCUT2D eigenvalue weighted by molar-refractivity contribution is 5.94. The first-order chi connectivity index (χ1) is 20.6. The summed E-state index contributed by atoms with van der Waals surface area (Å²) in [6.07, 6.45) is 7.03. The number of unbranched alkanes of at least 4 members (excludes halogenated alkanes) is 3. The number of aryl methyl sites for hydroxylation is 2. The van der Waals surface area contributed by atoms with Crippen molar-refractivity contribution < 1.29 is 33.6 Å². The topological polar surface area (TPSA) is 103 Å². The second kappa shape index (κ2) is 15.9. The summed E-state index contributed by atoms with van der Waals surface area (Å²) in [5.41, 5.74) is 1.02. The van der Waals surface area contributed by atoms with Crippen molar-refractivity contribution in [1.82, 2.24) is 5.32 Å². The smallest absolute Gasteiger partial charge is 0.347 e. The number of ether oxygens (including phenoxy) is 4. The molecule has 0 bridgehead atoms. The Bertz CT molecular complexity index is 1370. The summed E-state index contributed by atoms with van der Waals surface area (Å²) < 4.78 is 22.5. The molecule has 43 heavy (non-hydrogen) atoms. The molecular weight excluding hydrogens is 546 g/mol. The number of benzene rings is 3. The Morgan fingerprint density at radius 1 is 0.860 bits per heavy atom. The van der Waals surface area contributed by atoms with Crippen LogP contribution in [0.2, 0.25) is 0 Å². The molecule has 0 aliphatic heterocycles. The predicted octanol–water partition coefficient (Wildman–Crippen LogP) is 7.75. The van der Waals surface area contributed by atoms with Crippen LogP contribution in [0.5, 0.6) is 28.7 Å². The summed E-state index contributed by atoms with van der Waals surface area (Å²) >= 11 is 0. The van der Waals surface area contributed by atoms with Crippen LogP contribution >= 0.6 is 0 Å². The van der Waals surface area contributed by atoms with E-state index in [1.54, 1.807) is 56.7 Å². The van der Waals surface area contributed by atoms with Gasteiger partial charge in [-0.3, -0.25) is 4.79 Å². The van der Waals surface area contributed by atoms with Gasteiger partial charge in [0.2, 0.25) is 0 Å². The standard InChI is InChI=1S/C35H45NO7/c1-7-8-9-10-13-27(17-15-25-16-19-31(40-5)32(22-25)41-6)36-33(37)26-12-11-14-28(23-26)42-29-18-20-30(24(2)21-29)43-35(3,4)34(38)39/h11-12,14,16,18-23,27H,7-10,13,15,17H2,1-6H3,(H,36,37)(H,38,39). The monoisotopic (exact) mass is 591 g/mol. The molecular formula is C35H45NO7. The van der Waals surface area contributed by atoms with E-state index in [1.165, 1.54) is 20.3 Å². The molecule has 1 atom stereocenters. The maximum Gasteiger partial charge on any atom is 0.347 e. The van der Waals surface area contributed by atoms with Crippen LogP contribution in [0.1, 0.15) is 80.8 Å². The van der Waals surface area contributed by atoms with E-state index in [9.17, 15) is 14.7 Å². The van der Waals surface area contributed by atoms with E-state index in [-0.39, 0.29) is 11.9 Å². The number of hydrogen-bond acceptors (Lipinski definition) is 6. The SMILES string of the molecule is CCCCCCC(CCc1ccc(OC)c(OC)c1)NC(=O)c1cccc(Oc2ccc(OC(C)(C)C(=O)O)c(C)c2)c1. The highest BCUT2D eigenvalue weighted by Crippen LogP contribution is 2.31. The summed E-state index contributed by atoms with van der Waals surface area (Å²) in [6.45, 7) is 7.02. The number of carboxylic acid groups (broad SMARTS) is 1. The number of rotatable bonds is 17. The van der Waals surface area contributed by atoms with Gasteiger partial charge in [-0.2, -0.15) is 0 Å². The Hall–Kier alpha value is -4.20. The fourth-order valence-electron chi connectivity index (χ4n) is 4.71. The lowest BCUT2D eigenvalue weighted by molar-refractivity contribution is -0.152. The second-order valence-electron chi connectivity index (χ2n) is 11.2. The third-order valence-electron chi connectivity index (χ3n) is 7.33. The molecule has 0 aliphatic carbocycles. The Kier molecular flexibility index (Phi) is 12.3. The second-order valence-corrected chi connectivity index (χ2v) is 11.2. The zero-order chi connectivity index (χ0) is 31.4. The van der Waals surface area contributed by atoms with Gasteiger partial charge in [0.05, 0.1) is 14.2 Å². The number of amides is 1. The average Bonchev–Trinajstić information content (AvgIpc) is 2.99. The molecule has 0 saturated heterocycles. The quantitative estimate of drug-likeness (QED) is 0.155. The summed E-state index contributed by atoms with van der Waals surface area (Å²) in [4.78, 5) is 24.8. The molecule has 0 aromatic heterocycles. The van der Waals surface area contributed by atoms with Crippen LogP contribution in [0.15, 0.2) is 60.7 Å². The van der Waals surface area contributed by atoms with E-state index in [0.29, 0.717) is 34.3 Å². The average molecular weight is 592 g/mol. The lowest BCUT2D eigenvalue weighted by atomic mass is 9.99. The summed E-state index contributed by atoms with van der Waals surface area (Å²) in [5, 5.41) is 12.6. The molecule has 1 amide bonds. The van der Waals surface area contributed by atoms with Crippen molar-refractivity contribution in [2.75, 3.05) is 14.2 Å². The summed E-state index contributed by atoms with van der Waals surface area (Å²) in [5.74, 6) is 1.74. The number of methoxy groups -OCH3 is 2. The van der Waals surface area contributed by atoms with Gasteiger partial charge in [-0.05, 0) is 99.7 Å². The van der Waals surface area contributed by atoms with Crippen LogP contribution < -0.4 is 24.3 Å². The molecule has 8 heteroatoms. The van der Waals surface area contributed by atoms with Gasteiger partial charge < -0.3 is 29.4 Å². The van der Waals surface area contributed by atoms with E-state index in [2.05, 4.69) is 12.2 Å². The van der Waals surface area contributed by atoms with Gasteiger partial charge in [0.15, 0.2) is 17.1 Å². The van der Waals surface area contributed by atoms with Crippen LogP contribution in [0.25, 0.3) is 0 Å². The number of carbonyl (C=O) groups excluding carboxylic acids is 1. The van der Waals surface area contributed by atoms with Crippen LogP contribution in [0.4, 0.5) is 0 Å². The first-order valence-corrected chi connectivity index (χ1v) is 14.9. The lowest BCUT2D eigenvalue weighted by Gasteiger charge is -2.23. The molecule has 3 rings (SSSR count). The number of nitrogens with one attached hydrogen (secondary N) is 1. The van der Waals surface area contributed by atoms with Gasteiger partial charge in [-0.15, -0.1) is 0 Å². The molecule has 3 aromatic carbocycles. The Balaban J connectivity index is 1.68. The minimum Gasteiger partial charge on any atom is -0.493 e. The fraction of sp³-hybridized carbons (Fsp3) is 0.429. The normalized spacial score (nSPS) is 11.9. The minimum atomic E-state index is -1.36. The zero-order valence-corrected chi connectivity index (χ0v) is 26.2. The van der Waals surface area contributed by atoms with Crippen molar-refractivity contribution in [3.8, 4) is 28.7 Å². The van der Waals surface area contributed by atoms with Crippen LogP contribution in [0.3, 0.4) is 0 Å². The van der Waals surface area contributed by atoms with Crippen molar-refractivity contribution in [3.63, 3.8) is 0 Å². The predicted molar refractivity (Wildman–Crippen MR) is 168 cm³/mol. The first kappa shape index (κ1) is 33.3. The van der Waals surface area contributed by atoms with E-state index < -0.39 is 11.6 Å². The maximum absolute atomic E-state index is 13.4. The van der Waals surface area contributed by atoms with E-state index in [4.69, 9.17) is 18.9 Å². The van der Waals surface area contributed by atoms with Crippen molar-refractivity contribution in [3.05, 3.63) is 77.4 Å². The molecule has 2 N–H and O–H groups in total. The minimum absolute atomic E-state index is 0.0206. The zero-order valence-electron chi connectivity index (χ0n) is 26.2. The highest BCUT2D eigenvalue weighted by atomic mass is 16.5. The molecule has 8 nitrogen and oxygen atoms in total. The summed E-state index contributed by atoms with van der Waals surface area (Å²) in [6, 6.07) is 18.2. The molecule has 0 radical (unpaired) electrons. The summed E-state index contributed by atoms with van der Waals surface area (Å²) in [7, 11) is 3.25. The third-order valence-corrected chi connectivity index (χ3v) is 7.33. The van der Waals surface area contributed by atoms with E-state index in [1.807, 2.05) is 25.1 Å². The number of carbonyl (C=O) groups is 2. The fourth-order valence-corrected chi connectivity index (χ4v) is 4.71. The van der Waals surface area contributed by atoms with Crippen LogP contribution in [0, 0.1) is 6.92 Å². The van der Waals surface area contributed by atoms with Gasteiger partial charge in [-0.25, -0.2) is 4.79 Å². The molecule has 232 valence electrons. The molecule has 0 aliphatic rings. The van der Waals surface area contributed by atoms with Gasteiger partial charge >= 0.3 is 5.97 Å². The van der Waals surface area contributed by atoms with Crippen LogP contribution in [-0.2, 0) is 11.2 Å².